The quantitative estimate of drug-likeness (QED) is 0.870. The summed E-state index contributed by atoms with van der Waals surface area (Å²) in [5.74, 6) is 0.501. The average Bonchev–Trinajstić information content (AvgIpc) is 2.09. The Morgan fingerprint density at radius 1 is 1.50 bits per heavy atom. The van der Waals surface area contributed by atoms with E-state index in [1.165, 1.54) is 0 Å². The van der Waals surface area contributed by atoms with Crippen LogP contribution in [0, 0.1) is 0 Å². The van der Waals surface area contributed by atoms with Gasteiger partial charge in [-0.05, 0) is 23.8 Å². The summed E-state index contributed by atoms with van der Waals surface area (Å²) < 4.78 is 17.3. The minimum Gasteiger partial charge on any atom is -0.463 e. The number of rotatable bonds is 3. The molecule has 0 bridgehead atoms. The highest BCUT2D eigenvalue weighted by Crippen LogP contribution is 2.21. The molecule has 1 rings (SSSR count). The van der Waals surface area contributed by atoms with Crippen LogP contribution in [-0.2, 0) is 6.54 Å². The van der Waals surface area contributed by atoms with Crippen molar-refractivity contribution in [1.29, 1.82) is 0 Å². The summed E-state index contributed by atoms with van der Waals surface area (Å²) in [6.45, 7) is -0.407. The van der Waals surface area contributed by atoms with E-state index in [0.717, 1.165) is 10.0 Å². The smallest absolute Gasteiger partial charge is 0.228 e. The zero-order chi connectivity index (χ0) is 8.97. The zero-order valence-electron chi connectivity index (χ0n) is 6.39. The van der Waals surface area contributed by atoms with Crippen molar-refractivity contribution in [1.82, 2.24) is 0 Å². The molecular weight excluding hydrogens is 225 g/mol. The molecule has 1 aromatic carbocycles. The van der Waals surface area contributed by atoms with Crippen molar-refractivity contribution in [3.63, 3.8) is 0 Å². The van der Waals surface area contributed by atoms with Gasteiger partial charge in [-0.3, -0.25) is 0 Å². The van der Waals surface area contributed by atoms with Gasteiger partial charge in [0.25, 0.3) is 0 Å². The Morgan fingerprint density at radius 2 is 2.25 bits per heavy atom. The number of alkyl halides is 1. The maximum atomic E-state index is 11.7. The Balaban J connectivity index is 2.89. The van der Waals surface area contributed by atoms with Crippen LogP contribution >= 0.6 is 15.9 Å². The van der Waals surface area contributed by atoms with Crippen LogP contribution in [0.5, 0.6) is 5.75 Å². The van der Waals surface area contributed by atoms with Gasteiger partial charge in [-0.1, -0.05) is 15.9 Å². The minimum absolute atomic E-state index is 0.407. The molecule has 0 saturated heterocycles. The van der Waals surface area contributed by atoms with E-state index in [1.54, 1.807) is 18.2 Å². The predicted molar refractivity (Wildman–Crippen MR) is 48.6 cm³/mol. The lowest BCUT2D eigenvalue weighted by molar-refractivity contribution is 0.191. The van der Waals surface area contributed by atoms with Gasteiger partial charge in [-0.25, -0.2) is 4.39 Å². The number of hydrogen-bond acceptors (Lipinski definition) is 2. The molecule has 0 heterocycles. The van der Waals surface area contributed by atoms with Crippen molar-refractivity contribution >= 4 is 15.9 Å². The maximum Gasteiger partial charge on any atom is 0.228 e. The molecular formula is C8H9BrFNO. The predicted octanol–water partition coefficient (Wildman–Crippen LogP) is 2.21. The molecule has 0 unspecified atom stereocenters. The van der Waals surface area contributed by atoms with E-state index in [4.69, 9.17) is 5.73 Å². The highest BCUT2D eigenvalue weighted by molar-refractivity contribution is 9.10. The van der Waals surface area contributed by atoms with Gasteiger partial charge in [0, 0.05) is 11.0 Å². The van der Waals surface area contributed by atoms with E-state index >= 15 is 0 Å². The minimum atomic E-state index is -0.814. The summed E-state index contributed by atoms with van der Waals surface area (Å²) in [6, 6.07) is 5.18. The highest BCUT2D eigenvalue weighted by Gasteiger charge is 1.99. The normalized spacial score (nSPS) is 9.92. The van der Waals surface area contributed by atoms with Gasteiger partial charge in [0.1, 0.15) is 5.75 Å². The van der Waals surface area contributed by atoms with E-state index in [2.05, 4.69) is 20.7 Å². The van der Waals surface area contributed by atoms with Gasteiger partial charge < -0.3 is 10.5 Å². The molecule has 0 atom stereocenters. The van der Waals surface area contributed by atoms with Gasteiger partial charge in [0.15, 0.2) is 0 Å². The lowest BCUT2D eigenvalue weighted by atomic mass is 10.2. The first-order valence-corrected chi connectivity index (χ1v) is 4.24. The van der Waals surface area contributed by atoms with Gasteiger partial charge in [-0.2, -0.15) is 0 Å². The first-order valence-electron chi connectivity index (χ1n) is 3.45. The molecule has 0 aromatic heterocycles. The van der Waals surface area contributed by atoms with Gasteiger partial charge in [0.2, 0.25) is 6.86 Å². The van der Waals surface area contributed by atoms with Crippen LogP contribution in [0.2, 0.25) is 0 Å². The molecule has 4 heteroatoms. The van der Waals surface area contributed by atoms with Crippen LogP contribution < -0.4 is 10.5 Å². The molecule has 1 aromatic rings. The fourth-order valence-corrected chi connectivity index (χ4v) is 1.27. The standard InChI is InChI=1S/C8H9BrFNO/c9-8-2-1-7(12-5-10)3-6(8)4-11/h1-3H,4-5,11H2. The highest BCUT2D eigenvalue weighted by atomic mass is 79.9. The van der Waals surface area contributed by atoms with E-state index in [1.807, 2.05) is 0 Å². The monoisotopic (exact) mass is 233 g/mol. The molecule has 0 aliphatic heterocycles. The molecule has 12 heavy (non-hydrogen) atoms. The van der Waals surface area contributed by atoms with Gasteiger partial charge >= 0.3 is 0 Å². The summed E-state index contributed by atoms with van der Waals surface area (Å²) in [7, 11) is 0. The lowest BCUT2D eigenvalue weighted by Gasteiger charge is -2.04. The first kappa shape index (κ1) is 9.48. The Kier molecular flexibility index (Phi) is 3.49. The fourth-order valence-electron chi connectivity index (χ4n) is 0.860. The molecule has 0 fully saturated rings. The molecule has 2 N–H and O–H groups in total. The van der Waals surface area contributed by atoms with E-state index in [0.29, 0.717) is 12.3 Å². The van der Waals surface area contributed by atoms with Crippen LogP contribution in [0.25, 0.3) is 0 Å². The van der Waals surface area contributed by atoms with Gasteiger partial charge in [0.05, 0.1) is 0 Å². The molecule has 0 saturated carbocycles. The number of ether oxygens (including phenoxy) is 1. The summed E-state index contributed by atoms with van der Waals surface area (Å²) in [6.07, 6.45) is 0. The average molecular weight is 234 g/mol. The lowest BCUT2D eigenvalue weighted by Crippen LogP contribution is -1.98. The van der Waals surface area contributed by atoms with Crippen molar-refractivity contribution in [2.24, 2.45) is 5.73 Å². The summed E-state index contributed by atoms with van der Waals surface area (Å²) >= 11 is 3.31. The van der Waals surface area contributed by atoms with Crippen LogP contribution in [0.3, 0.4) is 0 Å². The number of halogens is 2. The fraction of sp³-hybridized carbons (Fsp3) is 0.250. The van der Waals surface area contributed by atoms with Crippen LogP contribution in [-0.4, -0.2) is 6.86 Å². The van der Waals surface area contributed by atoms with Crippen LogP contribution in [0.15, 0.2) is 22.7 Å². The van der Waals surface area contributed by atoms with E-state index < -0.39 is 6.86 Å². The Labute approximate surface area is 78.6 Å². The van der Waals surface area contributed by atoms with E-state index in [-0.39, 0.29) is 0 Å². The molecule has 0 radical (unpaired) electrons. The Morgan fingerprint density at radius 3 is 2.83 bits per heavy atom. The zero-order valence-corrected chi connectivity index (χ0v) is 7.97. The third-order valence-corrected chi connectivity index (χ3v) is 2.23. The second-order valence-corrected chi connectivity index (χ2v) is 3.07. The number of hydrogen-bond donors (Lipinski definition) is 1. The first-order chi connectivity index (χ1) is 5.77. The Hall–Kier alpha value is -0.610. The largest absolute Gasteiger partial charge is 0.463 e. The second-order valence-electron chi connectivity index (χ2n) is 2.21. The topological polar surface area (TPSA) is 35.2 Å². The van der Waals surface area contributed by atoms with Crippen molar-refractivity contribution < 1.29 is 9.13 Å². The van der Waals surface area contributed by atoms with Crippen LogP contribution in [0.1, 0.15) is 5.56 Å². The molecule has 2 nitrogen and oxygen atoms in total. The van der Waals surface area contributed by atoms with Crippen molar-refractivity contribution in [2.75, 3.05) is 6.86 Å². The van der Waals surface area contributed by atoms with Crippen molar-refractivity contribution in [3.8, 4) is 5.75 Å². The van der Waals surface area contributed by atoms with E-state index in [9.17, 15) is 4.39 Å². The SMILES string of the molecule is NCc1cc(OCF)ccc1Br. The second kappa shape index (κ2) is 4.42. The third-order valence-electron chi connectivity index (χ3n) is 1.46. The Bertz CT molecular complexity index is 267. The molecule has 66 valence electrons. The maximum absolute atomic E-state index is 11.7. The molecule has 0 aliphatic carbocycles. The van der Waals surface area contributed by atoms with Crippen molar-refractivity contribution in [3.05, 3.63) is 28.2 Å². The molecule has 0 spiro atoms. The summed E-state index contributed by atoms with van der Waals surface area (Å²) in [4.78, 5) is 0. The number of nitrogens with two attached hydrogens (primary N) is 1. The van der Waals surface area contributed by atoms with Crippen molar-refractivity contribution in [2.45, 2.75) is 6.54 Å². The third kappa shape index (κ3) is 2.19. The molecule has 0 amide bonds. The number of benzene rings is 1. The van der Waals surface area contributed by atoms with Crippen LogP contribution in [0.4, 0.5) is 4.39 Å². The summed E-state index contributed by atoms with van der Waals surface area (Å²) in [5.41, 5.74) is 6.34. The van der Waals surface area contributed by atoms with Gasteiger partial charge in [-0.15, -0.1) is 0 Å². The summed E-state index contributed by atoms with van der Waals surface area (Å²) in [5, 5.41) is 0. The molecule has 0 aliphatic rings.